The van der Waals surface area contributed by atoms with Crippen LogP contribution < -0.4 is 0 Å². The highest BCUT2D eigenvalue weighted by Crippen LogP contribution is 2.30. The van der Waals surface area contributed by atoms with Crippen molar-refractivity contribution in [3.8, 4) is 17.3 Å². The maximum Gasteiger partial charge on any atom is 0.135 e. The maximum absolute atomic E-state index is 9.64. The van der Waals surface area contributed by atoms with Crippen molar-refractivity contribution in [2.24, 2.45) is 7.05 Å². The SMILES string of the molecule is Cn1c(C=C(C#N)c2nc3ccccc3s2)ccc1-c1cccc(Cl)c1. The van der Waals surface area contributed by atoms with Gasteiger partial charge in [0.1, 0.15) is 11.1 Å². The number of benzene rings is 2. The zero-order valence-corrected chi connectivity index (χ0v) is 15.6. The van der Waals surface area contributed by atoms with E-state index >= 15 is 0 Å². The Morgan fingerprint density at radius 3 is 2.77 bits per heavy atom. The summed E-state index contributed by atoms with van der Waals surface area (Å²) in [5, 5.41) is 11.1. The first kappa shape index (κ1) is 16.6. The molecule has 0 fully saturated rings. The Bertz CT molecular complexity index is 1140. The van der Waals surface area contributed by atoms with E-state index in [2.05, 4.69) is 15.6 Å². The average Bonchev–Trinajstić information content (AvgIpc) is 3.23. The smallest absolute Gasteiger partial charge is 0.135 e. The van der Waals surface area contributed by atoms with E-state index in [1.54, 1.807) is 0 Å². The lowest BCUT2D eigenvalue weighted by Gasteiger charge is -2.06. The highest BCUT2D eigenvalue weighted by Gasteiger charge is 2.11. The molecule has 126 valence electrons. The van der Waals surface area contributed by atoms with E-state index in [-0.39, 0.29) is 0 Å². The monoisotopic (exact) mass is 375 g/mol. The van der Waals surface area contributed by atoms with Gasteiger partial charge in [-0.15, -0.1) is 11.3 Å². The number of allylic oxidation sites excluding steroid dienone is 1. The minimum atomic E-state index is 0.560. The van der Waals surface area contributed by atoms with Gasteiger partial charge in [0, 0.05) is 23.5 Å². The molecule has 0 aliphatic rings. The molecule has 4 aromatic rings. The van der Waals surface area contributed by atoms with Crippen LogP contribution in [0, 0.1) is 11.3 Å². The number of para-hydroxylation sites is 1. The molecule has 0 N–H and O–H groups in total. The van der Waals surface area contributed by atoms with Gasteiger partial charge in [-0.05, 0) is 48.0 Å². The Kier molecular flexibility index (Phi) is 4.34. The minimum absolute atomic E-state index is 0.560. The summed E-state index contributed by atoms with van der Waals surface area (Å²) in [7, 11) is 1.98. The predicted octanol–water partition coefficient (Wildman–Crippen LogP) is 6.02. The van der Waals surface area contributed by atoms with Gasteiger partial charge in [0.25, 0.3) is 0 Å². The summed E-state index contributed by atoms with van der Waals surface area (Å²) in [6.07, 6.45) is 1.88. The molecule has 0 radical (unpaired) electrons. The summed E-state index contributed by atoms with van der Waals surface area (Å²) < 4.78 is 3.13. The zero-order valence-electron chi connectivity index (χ0n) is 14.0. The molecule has 2 aromatic carbocycles. The van der Waals surface area contributed by atoms with Gasteiger partial charge in [0.15, 0.2) is 0 Å². The highest BCUT2D eigenvalue weighted by atomic mass is 35.5. The number of hydrogen-bond acceptors (Lipinski definition) is 3. The van der Waals surface area contributed by atoms with Crippen LogP contribution >= 0.6 is 22.9 Å². The Hall–Kier alpha value is -2.87. The minimum Gasteiger partial charge on any atom is -0.344 e. The molecule has 5 heteroatoms. The fourth-order valence-electron chi connectivity index (χ4n) is 2.89. The third-order valence-corrected chi connectivity index (χ3v) is 5.52. The fraction of sp³-hybridized carbons (Fsp3) is 0.0476. The van der Waals surface area contributed by atoms with Crippen molar-refractivity contribution in [2.75, 3.05) is 0 Å². The van der Waals surface area contributed by atoms with Crippen molar-refractivity contribution in [1.29, 1.82) is 5.26 Å². The molecular weight excluding hydrogens is 362 g/mol. The van der Waals surface area contributed by atoms with Crippen molar-refractivity contribution < 1.29 is 0 Å². The molecule has 0 saturated heterocycles. The van der Waals surface area contributed by atoms with Crippen LogP contribution in [0.5, 0.6) is 0 Å². The largest absolute Gasteiger partial charge is 0.344 e. The maximum atomic E-state index is 9.64. The van der Waals surface area contributed by atoms with Crippen LogP contribution in [0.15, 0.2) is 60.7 Å². The Balaban J connectivity index is 1.76. The summed E-state index contributed by atoms with van der Waals surface area (Å²) in [6, 6.07) is 22.0. The van der Waals surface area contributed by atoms with Gasteiger partial charge < -0.3 is 4.57 Å². The number of thiazole rings is 1. The van der Waals surface area contributed by atoms with Gasteiger partial charge in [0.05, 0.1) is 15.8 Å². The van der Waals surface area contributed by atoms with E-state index in [9.17, 15) is 5.26 Å². The fourth-order valence-corrected chi connectivity index (χ4v) is 4.01. The standard InChI is InChI=1S/C21H14ClN3S/c1-25-17(9-10-19(25)14-5-4-6-16(22)11-14)12-15(13-23)21-24-18-7-2-3-8-20(18)26-21/h2-12H,1H3. The zero-order chi connectivity index (χ0) is 18.1. The summed E-state index contributed by atoms with van der Waals surface area (Å²) in [5.41, 5.74) is 4.50. The molecule has 2 aromatic heterocycles. The van der Waals surface area contributed by atoms with E-state index in [0.29, 0.717) is 10.6 Å². The lowest BCUT2D eigenvalue weighted by molar-refractivity contribution is 0.924. The van der Waals surface area contributed by atoms with Gasteiger partial charge >= 0.3 is 0 Å². The van der Waals surface area contributed by atoms with Crippen LogP contribution in [0.1, 0.15) is 10.7 Å². The molecule has 0 spiro atoms. The summed E-state index contributed by atoms with van der Waals surface area (Å²) >= 11 is 7.64. The quantitative estimate of drug-likeness (QED) is 0.411. The normalized spacial score (nSPS) is 11.7. The first-order chi connectivity index (χ1) is 12.7. The van der Waals surface area contributed by atoms with Crippen molar-refractivity contribution in [1.82, 2.24) is 9.55 Å². The van der Waals surface area contributed by atoms with Gasteiger partial charge in [-0.3, -0.25) is 0 Å². The number of nitrogens with zero attached hydrogens (tertiary/aromatic N) is 3. The van der Waals surface area contributed by atoms with Gasteiger partial charge in [-0.2, -0.15) is 5.26 Å². The number of halogens is 1. The van der Waals surface area contributed by atoms with Crippen LogP contribution in [-0.2, 0) is 7.05 Å². The first-order valence-electron chi connectivity index (χ1n) is 8.05. The molecule has 4 rings (SSSR count). The molecule has 2 heterocycles. The van der Waals surface area contributed by atoms with Crippen molar-refractivity contribution in [3.05, 3.63) is 76.4 Å². The molecular formula is C21H14ClN3S. The lowest BCUT2D eigenvalue weighted by Crippen LogP contribution is -1.94. The van der Waals surface area contributed by atoms with Gasteiger partial charge in [0.2, 0.25) is 0 Å². The van der Waals surface area contributed by atoms with Crippen LogP contribution in [-0.4, -0.2) is 9.55 Å². The second-order valence-corrected chi connectivity index (χ2v) is 7.34. The number of nitriles is 1. The summed E-state index contributed by atoms with van der Waals surface area (Å²) in [5.74, 6) is 0. The second kappa shape index (κ2) is 6.80. The van der Waals surface area contributed by atoms with Crippen LogP contribution in [0.3, 0.4) is 0 Å². The van der Waals surface area contributed by atoms with Gasteiger partial charge in [-0.1, -0.05) is 35.9 Å². The Morgan fingerprint density at radius 2 is 2.00 bits per heavy atom. The molecule has 0 saturated carbocycles. The third-order valence-electron chi connectivity index (χ3n) is 4.22. The average molecular weight is 376 g/mol. The van der Waals surface area contributed by atoms with Crippen molar-refractivity contribution >= 4 is 44.8 Å². The topological polar surface area (TPSA) is 41.6 Å². The molecule has 0 aliphatic carbocycles. The first-order valence-corrected chi connectivity index (χ1v) is 9.24. The predicted molar refractivity (Wildman–Crippen MR) is 109 cm³/mol. The molecule has 0 aliphatic heterocycles. The van der Waals surface area contributed by atoms with E-state index < -0.39 is 0 Å². The molecule has 3 nitrogen and oxygen atoms in total. The molecule has 0 atom stereocenters. The second-order valence-electron chi connectivity index (χ2n) is 5.87. The lowest BCUT2D eigenvalue weighted by atomic mass is 10.1. The number of aromatic nitrogens is 2. The highest BCUT2D eigenvalue weighted by molar-refractivity contribution is 7.19. The number of fused-ring (bicyclic) bond motifs is 1. The number of rotatable bonds is 3. The Morgan fingerprint density at radius 1 is 1.15 bits per heavy atom. The Labute approximate surface area is 160 Å². The molecule has 26 heavy (non-hydrogen) atoms. The van der Waals surface area contributed by atoms with Crippen LogP contribution in [0.4, 0.5) is 0 Å². The van der Waals surface area contributed by atoms with E-state index in [1.807, 2.05) is 73.8 Å². The number of hydrogen-bond donors (Lipinski definition) is 0. The third kappa shape index (κ3) is 3.03. The van der Waals surface area contributed by atoms with Crippen molar-refractivity contribution in [3.63, 3.8) is 0 Å². The van der Waals surface area contributed by atoms with Crippen molar-refractivity contribution in [2.45, 2.75) is 0 Å². The summed E-state index contributed by atoms with van der Waals surface area (Å²) in [4.78, 5) is 4.59. The summed E-state index contributed by atoms with van der Waals surface area (Å²) in [6.45, 7) is 0. The van der Waals surface area contributed by atoms with Crippen LogP contribution in [0.2, 0.25) is 5.02 Å². The van der Waals surface area contributed by atoms with E-state index in [0.717, 1.165) is 32.2 Å². The van der Waals surface area contributed by atoms with E-state index in [1.165, 1.54) is 11.3 Å². The van der Waals surface area contributed by atoms with E-state index in [4.69, 9.17) is 11.6 Å². The molecule has 0 amide bonds. The van der Waals surface area contributed by atoms with Gasteiger partial charge in [-0.25, -0.2) is 4.98 Å². The molecule has 0 bridgehead atoms. The van der Waals surface area contributed by atoms with Crippen LogP contribution in [0.25, 0.3) is 33.1 Å². The molecule has 0 unspecified atom stereocenters.